The Labute approximate surface area is 147 Å². The van der Waals surface area contributed by atoms with Gasteiger partial charge in [0.2, 0.25) is 0 Å². The molecule has 0 unspecified atom stereocenters. The monoisotopic (exact) mass is 369 g/mol. The highest BCUT2D eigenvalue weighted by atomic mass is 16.7. The summed E-state index contributed by atoms with van der Waals surface area (Å²) in [5.74, 6) is 0. The first-order valence-electron chi connectivity index (χ1n) is 8.02. The van der Waals surface area contributed by atoms with Crippen LogP contribution in [0.5, 0.6) is 0 Å². The van der Waals surface area contributed by atoms with Gasteiger partial charge < -0.3 is 35.0 Å². The number of hydrogen-bond acceptors (Lipinski definition) is 9. The van der Waals surface area contributed by atoms with Crippen LogP contribution in [-0.4, -0.2) is 93.3 Å². The maximum Gasteiger partial charge on any atom is 0.434 e. The fraction of sp³-hybridized carbons (Fsp3) is 0.933. The summed E-state index contributed by atoms with van der Waals surface area (Å²) in [5.41, 5.74) is -0.471. The molecule has 5 N–H and O–H groups in total. The van der Waals surface area contributed by atoms with Crippen LogP contribution < -0.4 is 0 Å². The van der Waals surface area contributed by atoms with Crippen molar-refractivity contribution in [1.29, 1.82) is 0 Å². The number of aliphatic hydroxyl groups excluding tert-OH is 5. The van der Waals surface area contributed by atoms with Crippen LogP contribution in [-0.2, 0) is 14.3 Å². The third-order valence-corrected chi connectivity index (χ3v) is 3.01. The van der Waals surface area contributed by atoms with Gasteiger partial charge in [-0.3, -0.25) is 4.84 Å². The summed E-state index contributed by atoms with van der Waals surface area (Å²) in [5, 5.41) is 45.8. The van der Waals surface area contributed by atoms with Gasteiger partial charge in [-0.05, 0) is 27.2 Å². The normalized spacial score (nSPS) is 29.4. The Bertz CT molecular complexity index is 383. The van der Waals surface area contributed by atoms with Crippen molar-refractivity contribution in [2.75, 3.05) is 20.3 Å². The summed E-state index contributed by atoms with van der Waals surface area (Å²) >= 11 is 0. The summed E-state index contributed by atoms with van der Waals surface area (Å²) in [7, 11) is 1.55. The second-order valence-corrected chi connectivity index (χ2v) is 6.53. The Morgan fingerprint density at radius 3 is 2.12 bits per heavy atom. The van der Waals surface area contributed by atoms with E-state index in [1.807, 2.05) is 27.7 Å². The molecule has 0 aromatic heterocycles. The number of hydrogen-bond donors (Lipinski definition) is 5. The van der Waals surface area contributed by atoms with Gasteiger partial charge in [0.1, 0.15) is 30.0 Å². The molecule has 0 saturated carbocycles. The summed E-state index contributed by atoms with van der Waals surface area (Å²) < 4.78 is 9.63. The Morgan fingerprint density at radius 1 is 1.12 bits per heavy atom. The second kappa shape index (κ2) is 10.9. The van der Waals surface area contributed by atoms with Gasteiger partial charge in [0.05, 0.1) is 13.2 Å². The van der Waals surface area contributed by atoms with Crippen LogP contribution in [0.3, 0.4) is 0 Å². The highest BCUT2D eigenvalue weighted by Crippen LogP contribution is 2.19. The van der Waals surface area contributed by atoms with Gasteiger partial charge >= 0.3 is 6.09 Å². The van der Waals surface area contributed by atoms with E-state index in [1.54, 1.807) is 7.05 Å². The Morgan fingerprint density at radius 2 is 1.68 bits per heavy atom. The summed E-state index contributed by atoms with van der Waals surface area (Å²) in [4.78, 5) is 16.3. The molecule has 0 bridgehead atoms. The van der Waals surface area contributed by atoms with Gasteiger partial charge in [-0.25, -0.2) is 4.79 Å². The maximum absolute atomic E-state index is 11.2. The van der Waals surface area contributed by atoms with E-state index in [0.29, 0.717) is 6.61 Å². The lowest BCUT2D eigenvalue weighted by Gasteiger charge is -2.37. The summed E-state index contributed by atoms with van der Waals surface area (Å²) in [6.07, 6.45) is -6.63. The van der Waals surface area contributed by atoms with E-state index in [1.165, 1.54) is 0 Å². The summed E-state index contributed by atoms with van der Waals surface area (Å²) in [6, 6.07) is 0. The van der Waals surface area contributed by atoms with E-state index in [0.717, 1.165) is 11.5 Å². The van der Waals surface area contributed by atoms with Gasteiger partial charge in [0.25, 0.3) is 0 Å². The molecule has 1 aliphatic rings. The number of amides is 1. The average molecular weight is 369 g/mol. The van der Waals surface area contributed by atoms with Crippen LogP contribution in [0.1, 0.15) is 34.1 Å². The molecule has 1 saturated heterocycles. The van der Waals surface area contributed by atoms with Crippen LogP contribution in [0.2, 0.25) is 0 Å². The number of ether oxygens (including phenoxy) is 2. The molecular formula is C15H31NO9. The molecule has 150 valence electrons. The fourth-order valence-electron chi connectivity index (χ4n) is 1.69. The van der Waals surface area contributed by atoms with Crippen molar-refractivity contribution in [3.05, 3.63) is 0 Å². The molecule has 0 aromatic carbocycles. The van der Waals surface area contributed by atoms with Crippen molar-refractivity contribution >= 4 is 6.09 Å². The van der Waals surface area contributed by atoms with Gasteiger partial charge in [-0.15, -0.1) is 0 Å². The van der Waals surface area contributed by atoms with E-state index in [4.69, 9.17) is 35.1 Å². The molecule has 1 rings (SSSR count). The minimum atomic E-state index is -1.57. The molecule has 10 heteroatoms. The highest BCUT2D eigenvalue weighted by molar-refractivity contribution is 5.66. The summed E-state index contributed by atoms with van der Waals surface area (Å²) in [6.45, 7) is 7.43. The largest absolute Gasteiger partial charge is 0.442 e. The lowest BCUT2D eigenvalue weighted by molar-refractivity contribution is -0.286. The van der Waals surface area contributed by atoms with E-state index < -0.39 is 49.0 Å². The lowest BCUT2D eigenvalue weighted by Crippen LogP contribution is -2.58. The van der Waals surface area contributed by atoms with E-state index in [9.17, 15) is 4.79 Å². The molecule has 1 heterocycles. The van der Waals surface area contributed by atoms with Crippen molar-refractivity contribution in [3.8, 4) is 0 Å². The molecule has 25 heavy (non-hydrogen) atoms. The van der Waals surface area contributed by atoms with E-state index in [2.05, 4.69) is 4.74 Å². The van der Waals surface area contributed by atoms with Crippen molar-refractivity contribution in [2.24, 2.45) is 0 Å². The molecule has 0 aliphatic carbocycles. The average Bonchev–Trinajstić information content (AvgIpc) is 2.52. The molecule has 0 radical (unpaired) electrons. The second-order valence-electron chi connectivity index (χ2n) is 6.53. The third kappa shape index (κ3) is 8.77. The number of carbonyl (C=O) groups excluding carboxylic acids is 1. The van der Waals surface area contributed by atoms with Crippen LogP contribution in [0, 0.1) is 0 Å². The predicted octanol–water partition coefficient (Wildman–Crippen LogP) is -1.03. The first kappa shape index (κ1) is 24.0. The maximum atomic E-state index is 11.2. The minimum absolute atomic E-state index is 0.457. The number of nitrogens with zero attached hydrogens (tertiary/aromatic N) is 1. The third-order valence-electron chi connectivity index (χ3n) is 3.01. The molecule has 0 aromatic rings. The van der Waals surface area contributed by atoms with Crippen LogP contribution in [0.4, 0.5) is 4.79 Å². The highest BCUT2D eigenvalue weighted by Gasteiger charge is 2.42. The topological polar surface area (TPSA) is 149 Å². The molecule has 1 aliphatic heterocycles. The number of carbonyl (C=O) groups is 1. The fourth-order valence-corrected chi connectivity index (χ4v) is 1.69. The van der Waals surface area contributed by atoms with Crippen LogP contribution in [0.25, 0.3) is 0 Å². The first-order valence-corrected chi connectivity index (χ1v) is 8.02. The van der Waals surface area contributed by atoms with E-state index >= 15 is 0 Å². The molecular weight excluding hydrogens is 338 g/mol. The van der Waals surface area contributed by atoms with Gasteiger partial charge in [-0.2, -0.15) is 5.06 Å². The zero-order valence-corrected chi connectivity index (χ0v) is 15.3. The van der Waals surface area contributed by atoms with Gasteiger partial charge in [0.15, 0.2) is 6.29 Å². The number of hydroxylamine groups is 2. The van der Waals surface area contributed by atoms with Crippen LogP contribution >= 0.6 is 0 Å². The molecule has 1 amide bonds. The number of aliphatic hydroxyl groups is 5. The smallest absolute Gasteiger partial charge is 0.434 e. The molecule has 0 spiro atoms. The molecule has 5 atom stereocenters. The standard InChI is InChI=1S/C9H19NO3.C6H12O6/c1-6-7-12-10(5)8(11)13-9(2,3)4;7-1-2-3(8)4(9)5(10)6(11)12-2/h6-7H2,1-5H3;2-11H,1H2/t;2-,3-,4+,5-,6-/m.1/s1. The van der Waals surface area contributed by atoms with Crippen LogP contribution in [0.15, 0.2) is 0 Å². The van der Waals surface area contributed by atoms with Crippen molar-refractivity contribution in [2.45, 2.75) is 70.4 Å². The quantitative estimate of drug-likeness (QED) is 0.392. The zero-order valence-electron chi connectivity index (χ0n) is 15.3. The zero-order chi connectivity index (χ0) is 19.8. The van der Waals surface area contributed by atoms with Gasteiger partial charge in [-0.1, -0.05) is 6.92 Å². The van der Waals surface area contributed by atoms with Crippen molar-refractivity contribution < 1.29 is 44.6 Å². The predicted molar refractivity (Wildman–Crippen MR) is 86.2 cm³/mol. The van der Waals surface area contributed by atoms with Crippen molar-refractivity contribution in [3.63, 3.8) is 0 Å². The first-order chi connectivity index (χ1) is 11.4. The Hall–Kier alpha value is -1.01. The molecule has 10 nitrogen and oxygen atoms in total. The lowest BCUT2D eigenvalue weighted by atomic mass is 10.00. The Kier molecular flexibility index (Phi) is 10.4. The minimum Gasteiger partial charge on any atom is -0.442 e. The Balaban J connectivity index is 0.000000462. The number of rotatable bonds is 4. The van der Waals surface area contributed by atoms with Gasteiger partial charge in [0, 0.05) is 7.05 Å². The van der Waals surface area contributed by atoms with Crippen molar-refractivity contribution in [1.82, 2.24) is 5.06 Å². The van der Waals surface area contributed by atoms with E-state index in [-0.39, 0.29) is 0 Å². The molecule has 1 fully saturated rings. The SMILES string of the molecule is CCCON(C)C(=O)OC(C)(C)C.OC[C@H]1O[C@@H](O)[C@H](O)[C@@H](O)[C@@H]1O.